The minimum atomic E-state index is -1.10. The number of likely N-dealkylation sites (tertiary alicyclic amines) is 1. The number of nitrogens with one attached hydrogen (secondary N) is 1. The fourth-order valence-corrected chi connectivity index (χ4v) is 7.16. The molecule has 2 saturated heterocycles. The lowest BCUT2D eigenvalue weighted by Crippen LogP contribution is -2.44. The van der Waals surface area contributed by atoms with Crippen LogP contribution in [0.1, 0.15) is 30.7 Å². The van der Waals surface area contributed by atoms with Gasteiger partial charge in [0.15, 0.2) is 0 Å². The molecule has 4 heterocycles. The molecule has 0 spiro atoms. The van der Waals surface area contributed by atoms with Crippen molar-refractivity contribution in [2.45, 2.75) is 46.0 Å². The average Bonchev–Trinajstić information content (AvgIpc) is 3.08. The van der Waals surface area contributed by atoms with Gasteiger partial charge >= 0.3 is 0 Å². The molecule has 4 atom stereocenters. The summed E-state index contributed by atoms with van der Waals surface area (Å²) in [5, 5.41) is 3.62. The Morgan fingerprint density at radius 2 is 1.97 bits per heavy atom. The van der Waals surface area contributed by atoms with Crippen molar-refractivity contribution >= 4 is 45.0 Å². The number of nitrogens with zero attached hydrogens (tertiary/aromatic N) is 2. The van der Waals surface area contributed by atoms with Crippen LogP contribution in [0.15, 0.2) is 30.5 Å². The van der Waals surface area contributed by atoms with Crippen molar-refractivity contribution in [3.8, 4) is 16.9 Å². The minimum Gasteiger partial charge on any atom is -0.486 e. The highest BCUT2D eigenvalue weighted by atomic mass is 35.5. The van der Waals surface area contributed by atoms with E-state index < -0.39 is 12.3 Å². The Morgan fingerprint density at radius 1 is 1.22 bits per heavy atom. The molecule has 2 aromatic heterocycles. The van der Waals surface area contributed by atoms with Crippen molar-refractivity contribution in [3.05, 3.63) is 45.9 Å². The van der Waals surface area contributed by atoms with E-state index in [-0.39, 0.29) is 42.2 Å². The highest BCUT2D eigenvalue weighted by molar-refractivity contribution is 7.19. The number of ether oxygens (including phenoxy) is 1. The number of hydrogen-bond donors (Lipinski definition) is 1. The summed E-state index contributed by atoms with van der Waals surface area (Å²) in [6.45, 7) is 7.09. The zero-order chi connectivity index (χ0) is 25.4. The summed E-state index contributed by atoms with van der Waals surface area (Å²) in [7, 11) is 0. The van der Waals surface area contributed by atoms with Crippen LogP contribution in [0.2, 0.25) is 5.02 Å². The monoisotopic (exact) mass is 527 g/mol. The quantitative estimate of drug-likeness (QED) is 0.465. The van der Waals surface area contributed by atoms with Crippen molar-refractivity contribution < 1.29 is 18.7 Å². The van der Waals surface area contributed by atoms with Crippen LogP contribution >= 0.6 is 22.9 Å². The molecular weight excluding hydrogens is 501 g/mol. The summed E-state index contributed by atoms with van der Waals surface area (Å²) in [6.07, 6.45) is 0.664. The number of imide groups is 1. The van der Waals surface area contributed by atoms with Gasteiger partial charge in [0.1, 0.15) is 18.0 Å². The van der Waals surface area contributed by atoms with E-state index in [2.05, 4.69) is 10.3 Å². The van der Waals surface area contributed by atoms with Gasteiger partial charge in [-0.3, -0.25) is 19.5 Å². The van der Waals surface area contributed by atoms with Crippen molar-refractivity contribution in [2.75, 3.05) is 13.1 Å². The van der Waals surface area contributed by atoms with Crippen LogP contribution in [0.3, 0.4) is 0 Å². The number of halogens is 2. The van der Waals surface area contributed by atoms with Gasteiger partial charge in [-0.25, -0.2) is 4.39 Å². The second-order valence-electron chi connectivity index (χ2n) is 10.6. The number of alkyl halides is 1. The minimum absolute atomic E-state index is 0.0791. The molecule has 188 valence electrons. The maximum atomic E-state index is 14.6. The first-order valence-electron chi connectivity index (χ1n) is 12.2. The molecule has 36 heavy (non-hydrogen) atoms. The number of fused-ring (bicyclic) bond motifs is 2. The van der Waals surface area contributed by atoms with Gasteiger partial charge in [0.05, 0.1) is 28.6 Å². The number of hydrogen-bond acceptors (Lipinski definition) is 6. The van der Waals surface area contributed by atoms with Crippen LogP contribution in [0.25, 0.3) is 21.3 Å². The molecule has 6 nitrogen and oxygen atoms in total. The fourth-order valence-electron chi connectivity index (χ4n) is 5.76. The van der Waals surface area contributed by atoms with Gasteiger partial charge in [0.2, 0.25) is 11.8 Å². The van der Waals surface area contributed by atoms with Gasteiger partial charge < -0.3 is 10.1 Å². The number of piperidine rings is 2. The Bertz CT molecular complexity index is 1380. The molecule has 3 aliphatic rings. The SMILES string of the molecule is Cc1cc(Cl)cc(-c2ccnc3cc(CN4C(=O)C5C(C4=O)C5(C)C)sc23)c1O[C@H]1CCNC[C@@H]1F. The third kappa shape index (κ3) is 3.73. The molecule has 2 amide bonds. The normalized spacial score (nSPS) is 27.0. The second kappa shape index (κ2) is 8.50. The smallest absolute Gasteiger partial charge is 0.234 e. The van der Waals surface area contributed by atoms with Gasteiger partial charge in [-0.1, -0.05) is 25.4 Å². The van der Waals surface area contributed by atoms with E-state index in [1.165, 1.54) is 16.2 Å². The number of aryl methyl sites for hydroxylation is 1. The molecule has 3 fully saturated rings. The van der Waals surface area contributed by atoms with E-state index in [1.54, 1.807) is 6.20 Å². The number of amides is 2. The molecule has 1 aromatic carbocycles. The lowest BCUT2D eigenvalue weighted by molar-refractivity contribution is -0.143. The number of pyridine rings is 1. The first-order chi connectivity index (χ1) is 17.2. The summed E-state index contributed by atoms with van der Waals surface area (Å²) in [6, 6.07) is 7.50. The molecule has 1 aliphatic carbocycles. The number of aromatic nitrogens is 1. The average molecular weight is 528 g/mol. The lowest BCUT2D eigenvalue weighted by atomic mass is 10.0. The van der Waals surface area contributed by atoms with Gasteiger partial charge in [-0.05, 0) is 55.1 Å². The van der Waals surface area contributed by atoms with E-state index in [4.69, 9.17) is 16.3 Å². The third-order valence-electron chi connectivity index (χ3n) is 7.82. The molecule has 9 heteroatoms. The van der Waals surface area contributed by atoms with E-state index >= 15 is 0 Å². The van der Waals surface area contributed by atoms with Crippen LogP contribution < -0.4 is 10.1 Å². The molecule has 6 rings (SSSR count). The number of rotatable bonds is 5. The zero-order valence-electron chi connectivity index (χ0n) is 20.3. The maximum Gasteiger partial charge on any atom is 0.234 e. The molecule has 1 N–H and O–H groups in total. The predicted molar refractivity (Wildman–Crippen MR) is 138 cm³/mol. The van der Waals surface area contributed by atoms with Crippen LogP contribution in [-0.2, 0) is 16.1 Å². The topological polar surface area (TPSA) is 71.5 Å². The van der Waals surface area contributed by atoms with E-state index in [0.717, 1.165) is 31.8 Å². The maximum absolute atomic E-state index is 14.6. The lowest BCUT2D eigenvalue weighted by Gasteiger charge is -2.29. The number of thiophene rings is 1. The Hall–Kier alpha value is -2.55. The highest BCUT2D eigenvalue weighted by Crippen LogP contribution is 2.63. The predicted octanol–water partition coefficient (Wildman–Crippen LogP) is 5.14. The summed E-state index contributed by atoms with van der Waals surface area (Å²) >= 11 is 7.95. The first-order valence-corrected chi connectivity index (χ1v) is 13.4. The summed E-state index contributed by atoms with van der Waals surface area (Å²) in [5.74, 6) is 0.0609. The number of carbonyl (C=O) groups excluding carboxylic acids is 2. The van der Waals surface area contributed by atoms with Crippen LogP contribution in [0.5, 0.6) is 5.75 Å². The van der Waals surface area contributed by atoms with Gasteiger partial charge in [0.25, 0.3) is 0 Å². The van der Waals surface area contributed by atoms with Crippen molar-refractivity contribution in [1.82, 2.24) is 15.2 Å². The Labute approximate surface area is 217 Å². The Kier molecular flexibility index (Phi) is 5.63. The van der Waals surface area contributed by atoms with Crippen LogP contribution in [-0.4, -0.2) is 47.1 Å². The highest BCUT2D eigenvalue weighted by Gasteiger charge is 2.72. The Balaban J connectivity index is 1.36. The summed E-state index contributed by atoms with van der Waals surface area (Å²) in [4.78, 5) is 32.5. The van der Waals surface area contributed by atoms with E-state index in [1.807, 2.05) is 45.0 Å². The van der Waals surface area contributed by atoms with Crippen LogP contribution in [0.4, 0.5) is 4.39 Å². The largest absolute Gasteiger partial charge is 0.486 e. The summed E-state index contributed by atoms with van der Waals surface area (Å²) in [5.41, 5.74) is 3.03. The van der Waals surface area contributed by atoms with Gasteiger partial charge in [0, 0.05) is 33.8 Å². The molecule has 0 radical (unpaired) electrons. The molecule has 2 aliphatic heterocycles. The molecule has 3 aromatic rings. The molecule has 1 saturated carbocycles. The summed E-state index contributed by atoms with van der Waals surface area (Å²) < 4.78 is 21.8. The standard InChI is InChI=1S/C27H27ClFN3O3S/c1-13-8-14(28)9-17(23(13)35-20-5-6-30-11-18(20)29)16-4-7-31-19-10-15(36-24(16)19)12-32-25(33)21-22(26(32)34)27(21,2)3/h4,7-10,18,20-22,30H,5-6,11-12H2,1-3H3/t18-,20-,21?,22?/m0/s1. The second-order valence-corrected chi connectivity index (χ2v) is 12.2. The van der Waals surface area contributed by atoms with Crippen molar-refractivity contribution in [2.24, 2.45) is 17.3 Å². The third-order valence-corrected chi connectivity index (χ3v) is 9.18. The van der Waals surface area contributed by atoms with Gasteiger partial charge in [-0.2, -0.15) is 0 Å². The van der Waals surface area contributed by atoms with Crippen molar-refractivity contribution in [3.63, 3.8) is 0 Å². The Morgan fingerprint density at radius 3 is 2.69 bits per heavy atom. The van der Waals surface area contributed by atoms with E-state index in [0.29, 0.717) is 23.7 Å². The molecule has 0 bridgehead atoms. The van der Waals surface area contributed by atoms with Gasteiger partial charge in [-0.15, -0.1) is 11.3 Å². The number of carbonyl (C=O) groups is 2. The molecular formula is C27H27ClFN3O3S. The zero-order valence-corrected chi connectivity index (χ0v) is 21.9. The first kappa shape index (κ1) is 23.8. The van der Waals surface area contributed by atoms with Crippen LogP contribution in [0, 0.1) is 24.2 Å². The van der Waals surface area contributed by atoms with Crippen molar-refractivity contribution in [1.29, 1.82) is 0 Å². The van der Waals surface area contributed by atoms with E-state index in [9.17, 15) is 14.0 Å². The number of benzene rings is 1. The molecule has 2 unspecified atom stereocenters. The fraction of sp³-hybridized carbons (Fsp3) is 0.444.